The fourth-order valence-corrected chi connectivity index (χ4v) is 8.19. The SMILES string of the molecule is CCC1Oc2cc(-c3cnc(C4CCCN4C(=O)OC(C)(C)C)[nH]3)ccc2-c2cc3cc(-c4cnc(C5CCCN5C(=O)CC(C)(C)C)[nH]4)ccc3n21. The third kappa shape index (κ3) is 6.70. The quantitative estimate of drug-likeness (QED) is 0.181. The van der Waals surface area contributed by atoms with Gasteiger partial charge in [-0.2, -0.15) is 0 Å². The van der Waals surface area contributed by atoms with E-state index in [-0.39, 0.29) is 35.7 Å². The van der Waals surface area contributed by atoms with E-state index in [1.165, 1.54) is 0 Å². The summed E-state index contributed by atoms with van der Waals surface area (Å²) in [6.45, 7) is 15.6. The largest absolute Gasteiger partial charge is 0.469 e. The Hall–Kier alpha value is -5.06. The van der Waals surface area contributed by atoms with Gasteiger partial charge in [0.25, 0.3) is 0 Å². The number of rotatable bonds is 6. The molecule has 0 radical (unpaired) electrons. The van der Waals surface area contributed by atoms with Crippen molar-refractivity contribution in [3.05, 3.63) is 66.5 Å². The lowest BCUT2D eigenvalue weighted by Gasteiger charge is -2.29. The second kappa shape index (κ2) is 13.1. The molecule has 278 valence electrons. The van der Waals surface area contributed by atoms with E-state index in [9.17, 15) is 9.59 Å². The van der Waals surface area contributed by atoms with Crippen molar-refractivity contribution in [3.8, 4) is 39.5 Å². The van der Waals surface area contributed by atoms with E-state index in [2.05, 4.69) is 84.7 Å². The highest BCUT2D eigenvalue weighted by molar-refractivity contribution is 5.92. The van der Waals surface area contributed by atoms with Crippen LogP contribution in [-0.4, -0.2) is 65.0 Å². The van der Waals surface area contributed by atoms with Gasteiger partial charge in [-0.05, 0) is 82.2 Å². The van der Waals surface area contributed by atoms with Crippen LogP contribution < -0.4 is 4.74 Å². The van der Waals surface area contributed by atoms with Gasteiger partial charge < -0.3 is 28.9 Å². The maximum absolute atomic E-state index is 13.2. The van der Waals surface area contributed by atoms with E-state index < -0.39 is 5.60 Å². The molecule has 3 atom stereocenters. The van der Waals surface area contributed by atoms with Gasteiger partial charge in [0, 0.05) is 48.0 Å². The van der Waals surface area contributed by atoms with Gasteiger partial charge >= 0.3 is 6.09 Å². The van der Waals surface area contributed by atoms with Crippen LogP contribution in [0.5, 0.6) is 5.75 Å². The van der Waals surface area contributed by atoms with Crippen LogP contribution in [0.1, 0.15) is 117 Å². The highest BCUT2D eigenvalue weighted by Gasteiger charge is 2.36. The molecule has 11 heteroatoms. The second-order valence-corrected chi connectivity index (χ2v) is 17.0. The number of carbonyl (C=O) groups excluding carboxylic acids is 2. The van der Waals surface area contributed by atoms with Crippen LogP contribution in [0.15, 0.2) is 54.9 Å². The summed E-state index contributed by atoms with van der Waals surface area (Å²) in [4.78, 5) is 46.5. The van der Waals surface area contributed by atoms with Gasteiger partial charge in [0.05, 0.1) is 47.1 Å². The summed E-state index contributed by atoms with van der Waals surface area (Å²) in [5.41, 5.74) is 6.51. The fraction of sp³-hybridized carbons (Fsp3) is 0.476. The van der Waals surface area contributed by atoms with E-state index in [0.29, 0.717) is 13.0 Å². The number of amides is 2. The molecule has 8 rings (SSSR count). The Balaban J connectivity index is 1.05. The van der Waals surface area contributed by atoms with E-state index in [0.717, 1.165) is 101 Å². The van der Waals surface area contributed by atoms with Crippen molar-refractivity contribution in [1.29, 1.82) is 0 Å². The summed E-state index contributed by atoms with van der Waals surface area (Å²) in [7, 11) is 0. The molecule has 0 saturated carbocycles. The molecule has 0 spiro atoms. The average Bonchev–Trinajstić information content (AvgIpc) is 3.94. The monoisotopic (exact) mass is 717 g/mol. The number of imidazole rings is 2. The molecule has 3 aromatic heterocycles. The molecule has 2 N–H and O–H groups in total. The molecule has 5 aromatic rings. The zero-order chi connectivity index (χ0) is 37.2. The Bertz CT molecular complexity index is 2180. The molecule has 3 aliphatic heterocycles. The zero-order valence-electron chi connectivity index (χ0n) is 32.0. The summed E-state index contributed by atoms with van der Waals surface area (Å²) in [6, 6.07) is 14.9. The lowest BCUT2D eigenvalue weighted by atomic mass is 9.91. The van der Waals surface area contributed by atoms with Crippen LogP contribution in [0.2, 0.25) is 0 Å². The van der Waals surface area contributed by atoms with Crippen molar-refractivity contribution in [2.45, 2.75) is 111 Å². The molecular formula is C42H51N7O4. The molecule has 2 saturated heterocycles. The molecule has 2 amide bonds. The smallest absolute Gasteiger partial charge is 0.410 e. The van der Waals surface area contributed by atoms with Gasteiger partial charge in [0.1, 0.15) is 23.0 Å². The van der Waals surface area contributed by atoms with Crippen molar-refractivity contribution in [3.63, 3.8) is 0 Å². The number of aromatic amines is 2. The van der Waals surface area contributed by atoms with Gasteiger partial charge in [-0.3, -0.25) is 9.69 Å². The Kier molecular flexibility index (Phi) is 8.65. The molecule has 53 heavy (non-hydrogen) atoms. The minimum atomic E-state index is -0.553. The first-order valence-electron chi connectivity index (χ1n) is 19.1. The van der Waals surface area contributed by atoms with Crippen LogP contribution in [-0.2, 0) is 9.53 Å². The molecular weight excluding hydrogens is 667 g/mol. The molecule has 6 heterocycles. The molecule has 3 aliphatic rings. The number of fused-ring (bicyclic) bond motifs is 5. The number of ether oxygens (including phenoxy) is 2. The van der Waals surface area contributed by atoms with Gasteiger partial charge in [-0.25, -0.2) is 14.8 Å². The van der Waals surface area contributed by atoms with Gasteiger partial charge in [0.15, 0.2) is 6.23 Å². The third-order valence-corrected chi connectivity index (χ3v) is 10.6. The number of hydrogen-bond acceptors (Lipinski definition) is 6. The number of nitrogens with one attached hydrogen (secondary N) is 2. The summed E-state index contributed by atoms with van der Waals surface area (Å²) in [6.07, 6.45) is 8.25. The van der Waals surface area contributed by atoms with E-state index >= 15 is 0 Å². The number of aromatic nitrogens is 5. The minimum absolute atomic E-state index is 0.0176. The van der Waals surface area contributed by atoms with Crippen molar-refractivity contribution in [2.75, 3.05) is 13.1 Å². The number of benzene rings is 2. The first kappa shape index (κ1) is 35.0. The lowest BCUT2D eigenvalue weighted by Crippen LogP contribution is -2.36. The number of carbonyl (C=O) groups is 2. The first-order chi connectivity index (χ1) is 25.3. The van der Waals surface area contributed by atoms with Crippen molar-refractivity contribution < 1.29 is 19.1 Å². The Morgan fingerprint density at radius 2 is 1.47 bits per heavy atom. The van der Waals surface area contributed by atoms with Crippen molar-refractivity contribution >= 4 is 22.9 Å². The lowest BCUT2D eigenvalue weighted by molar-refractivity contribution is -0.134. The van der Waals surface area contributed by atoms with Crippen LogP contribution in [0.25, 0.3) is 44.7 Å². The highest BCUT2D eigenvalue weighted by Crippen LogP contribution is 2.45. The Labute approximate surface area is 311 Å². The maximum atomic E-state index is 13.2. The highest BCUT2D eigenvalue weighted by atomic mass is 16.6. The molecule has 2 aromatic carbocycles. The van der Waals surface area contributed by atoms with Crippen LogP contribution in [0, 0.1) is 5.41 Å². The summed E-state index contributed by atoms with van der Waals surface area (Å²) >= 11 is 0. The summed E-state index contributed by atoms with van der Waals surface area (Å²) in [5.74, 6) is 2.65. The molecule has 0 aliphatic carbocycles. The van der Waals surface area contributed by atoms with Crippen LogP contribution in [0.4, 0.5) is 4.79 Å². The molecule has 0 bridgehead atoms. The number of H-pyrrole nitrogens is 2. The van der Waals surface area contributed by atoms with E-state index in [4.69, 9.17) is 19.4 Å². The number of likely N-dealkylation sites (tertiary alicyclic amines) is 2. The van der Waals surface area contributed by atoms with Gasteiger partial charge in [-0.15, -0.1) is 0 Å². The minimum Gasteiger partial charge on any atom is -0.469 e. The fourth-order valence-electron chi connectivity index (χ4n) is 8.19. The van der Waals surface area contributed by atoms with Gasteiger partial charge in [-0.1, -0.05) is 39.8 Å². The average molecular weight is 718 g/mol. The molecule has 3 unspecified atom stereocenters. The second-order valence-electron chi connectivity index (χ2n) is 17.0. The van der Waals surface area contributed by atoms with Gasteiger partial charge in [0.2, 0.25) is 5.91 Å². The van der Waals surface area contributed by atoms with Crippen LogP contribution >= 0.6 is 0 Å². The zero-order valence-corrected chi connectivity index (χ0v) is 32.0. The third-order valence-electron chi connectivity index (χ3n) is 10.6. The number of nitrogens with zero attached hydrogens (tertiary/aromatic N) is 5. The number of hydrogen-bond donors (Lipinski definition) is 2. The van der Waals surface area contributed by atoms with Crippen molar-refractivity contribution in [1.82, 2.24) is 34.3 Å². The topological polar surface area (TPSA) is 121 Å². The van der Waals surface area contributed by atoms with E-state index in [1.54, 1.807) is 4.90 Å². The first-order valence-corrected chi connectivity index (χ1v) is 19.1. The molecule has 11 nitrogen and oxygen atoms in total. The Morgan fingerprint density at radius 3 is 2.11 bits per heavy atom. The van der Waals surface area contributed by atoms with E-state index in [1.807, 2.05) is 38.1 Å². The standard InChI is InChI=1S/C42H51N7O4/c1-8-37-49-31-16-14-25(29-23-43-38(45-29)32-11-9-17-47(32)36(50)22-41(2,3)4)19-27(31)20-34(49)28-15-13-26(21-35(28)52-37)30-24-44-39(46-30)33-12-10-18-48(33)40(51)53-42(5,6)7/h13-16,19-21,23-24,32-33,37H,8-12,17-18,22H2,1-7H3,(H,43,45)(H,44,46). The molecule has 2 fully saturated rings. The van der Waals surface area contributed by atoms with Crippen LogP contribution in [0.3, 0.4) is 0 Å². The Morgan fingerprint density at radius 1 is 0.849 bits per heavy atom. The maximum Gasteiger partial charge on any atom is 0.410 e. The van der Waals surface area contributed by atoms with Crippen molar-refractivity contribution in [2.24, 2.45) is 5.41 Å². The summed E-state index contributed by atoms with van der Waals surface area (Å²) < 4.78 is 14.7. The normalized spacial score (nSPS) is 20.1. The predicted molar refractivity (Wildman–Crippen MR) is 205 cm³/mol. The summed E-state index contributed by atoms with van der Waals surface area (Å²) in [5, 5.41) is 1.12. The predicted octanol–water partition coefficient (Wildman–Crippen LogP) is 9.56.